The number of fused-ring (bicyclic) bond motifs is 1. The highest BCUT2D eigenvalue weighted by Crippen LogP contribution is 2.64. The van der Waals surface area contributed by atoms with Gasteiger partial charge >= 0.3 is 5.97 Å². The van der Waals surface area contributed by atoms with Gasteiger partial charge in [0.2, 0.25) is 0 Å². The number of hydrogen-bond acceptors (Lipinski definition) is 5. The van der Waals surface area contributed by atoms with Gasteiger partial charge in [-0.25, -0.2) is 4.79 Å². The fraction of sp³-hybridized carbons (Fsp3) is 0.550. The van der Waals surface area contributed by atoms with Crippen LogP contribution in [0.4, 0.5) is 5.69 Å². The van der Waals surface area contributed by atoms with Gasteiger partial charge in [-0.05, 0) is 50.4 Å². The first-order valence-electron chi connectivity index (χ1n) is 9.20. The number of anilines is 1. The van der Waals surface area contributed by atoms with E-state index in [1.54, 1.807) is 0 Å². The van der Waals surface area contributed by atoms with Crippen LogP contribution in [0.15, 0.2) is 35.5 Å². The van der Waals surface area contributed by atoms with Crippen LogP contribution < -0.4 is 5.32 Å². The molecule has 5 nitrogen and oxygen atoms in total. The second-order valence-corrected chi connectivity index (χ2v) is 7.98. The van der Waals surface area contributed by atoms with Crippen LogP contribution in [-0.4, -0.2) is 48.8 Å². The summed E-state index contributed by atoms with van der Waals surface area (Å²) in [6, 6.07) is 8.65. The van der Waals surface area contributed by atoms with E-state index in [0.717, 1.165) is 49.3 Å². The smallest absolute Gasteiger partial charge is 0.335 e. The van der Waals surface area contributed by atoms with Gasteiger partial charge in [0.15, 0.2) is 0 Å². The highest BCUT2D eigenvalue weighted by atomic mass is 16.5. The van der Waals surface area contributed by atoms with Crippen LogP contribution in [0.1, 0.15) is 31.2 Å². The van der Waals surface area contributed by atoms with Crippen LogP contribution in [0, 0.1) is 5.41 Å². The number of benzene rings is 1. The molecule has 0 bridgehead atoms. The number of aliphatic hydroxyl groups excluding tert-OH is 1. The SMILES string of the molecule is COC(=O)C1=C2Nc3ccccc3[C@@]23CCN2CCC[C@@](CO)(C1)[C@H]23. The molecule has 1 aromatic rings. The molecular weight excluding hydrogens is 316 g/mol. The van der Waals surface area contributed by atoms with Gasteiger partial charge in [0.1, 0.15) is 0 Å². The van der Waals surface area contributed by atoms with E-state index in [0.29, 0.717) is 6.42 Å². The summed E-state index contributed by atoms with van der Waals surface area (Å²) in [6.07, 6.45) is 3.61. The zero-order valence-corrected chi connectivity index (χ0v) is 14.5. The summed E-state index contributed by atoms with van der Waals surface area (Å²) >= 11 is 0. The quantitative estimate of drug-likeness (QED) is 0.807. The molecule has 2 saturated heterocycles. The fourth-order valence-corrected chi connectivity index (χ4v) is 6.21. The number of hydrogen-bond donors (Lipinski definition) is 2. The lowest BCUT2D eigenvalue weighted by molar-refractivity contribution is -0.137. The molecule has 2 N–H and O–H groups in total. The van der Waals surface area contributed by atoms with Crippen molar-refractivity contribution < 1.29 is 14.6 Å². The molecule has 0 amide bonds. The van der Waals surface area contributed by atoms with Crippen molar-refractivity contribution in [2.75, 3.05) is 32.1 Å². The van der Waals surface area contributed by atoms with Crippen molar-refractivity contribution in [2.45, 2.75) is 37.1 Å². The molecule has 0 unspecified atom stereocenters. The molecule has 4 aliphatic rings. The third kappa shape index (κ3) is 1.73. The number of aliphatic hydroxyl groups is 1. The molecule has 1 spiro atoms. The van der Waals surface area contributed by atoms with E-state index in [1.165, 1.54) is 12.7 Å². The number of nitrogens with zero attached hydrogens (tertiary/aromatic N) is 1. The van der Waals surface area contributed by atoms with Gasteiger partial charge in [0.25, 0.3) is 0 Å². The fourth-order valence-electron chi connectivity index (χ4n) is 6.21. The summed E-state index contributed by atoms with van der Waals surface area (Å²) < 4.78 is 5.14. The molecule has 132 valence electrons. The molecule has 25 heavy (non-hydrogen) atoms. The van der Waals surface area contributed by atoms with Crippen molar-refractivity contribution in [3.05, 3.63) is 41.1 Å². The zero-order valence-electron chi connectivity index (χ0n) is 14.5. The predicted molar refractivity (Wildman–Crippen MR) is 94.1 cm³/mol. The second kappa shape index (κ2) is 5.08. The number of para-hydroxylation sites is 1. The van der Waals surface area contributed by atoms with E-state index in [9.17, 15) is 9.90 Å². The van der Waals surface area contributed by atoms with E-state index < -0.39 is 0 Å². The number of carbonyl (C=O) groups excluding carboxylic acids is 1. The Bertz CT molecular complexity index is 789. The van der Waals surface area contributed by atoms with E-state index >= 15 is 0 Å². The van der Waals surface area contributed by atoms with Crippen LogP contribution in [0.25, 0.3) is 0 Å². The molecule has 2 fully saturated rings. The van der Waals surface area contributed by atoms with Gasteiger partial charge < -0.3 is 15.2 Å². The van der Waals surface area contributed by atoms with Crippen LogP contribution in [-0.2, 0) is 14.9 Å². The number of carbonyl (C=O) groups is 1. The lowest BCUT2D eigenvalue weighted by Crippen LogP contribution is -2.61. The van der Waals surface area contributed by atoms with Crippen molar-refractivity contribution in [2.24, 2.45) is 5.41 Å². The van der Waals surface area contributed by atoms with Gasteiger partial charge in [-0.15, -0.1) is 0 Å². The largest absolute Gasteiger partial charge is 0.466 e. The Balaban J connectivity index is 1.81. The van der Waals surface area contributed by atoms with Crippen molar-refractivity contribution in [3.63, 3.8) is 0 Å². The summed E-state index contributed by atoms with van der Waals surface area (Å²) in [5.41, 5.74) is 3.65. The average molecular weight is 340 g/mol. The Morgan fingerprint density at radius 3 is 3.00 bits per heavy atom. The van der Waals surface area contributed by atoms with E-state index in [2.05, 4.69) is 28.4 Å². The third-order valence-electron chi connectivity index (χ3n) is 7.02. The minimum Gasteiger partial charge on any atom is -0.466 e. The molecule has 3 aliphatic heterocycles. The van der Waals surface area contributed by atoms with Crippen molar-refractivity contribution in [1.82, 2.24) is 4.90 Å². The Kier molecular flexibility index (Phi) is 3.13. The highest BCUT2D eigenvalue weighted by Gasteiger charge is 2.66. The standard InChI is InChI=1S/C20H24N2O3/c1-25-17(24)13-11-19(12-23)7-4-9-22-10-8-20(18(19)22)14-5-2-3-6-15(14)21-16(13)20/h2-3,5-6,18,21,23H,4,7-12H2,1H3/t18-,19-,20-/m0/s1. The second-order valence-electron chi connectivity index (χ2n) is 7.98. The number of esters is 1. The molecule has 5 heteroatoms. The molecule has 0 saturated carbocycles. The third-order valence-corrected chi connectivity index (χ3v) is 7.02. The Labute approximate surface area is 147 Å². The summed E-state index contributed by atoms with van der Waals surface area (Å²) in [7, 11) is 1.45. The molecular formula is C20H24N2O3. The Morgan fingerprint density at radius 2 is 2.20 bits per heavy atom. The maximum atomic E-state index is 12.6. The van der Waals surface area contributed by atoms with E-state index in [1.807, 2.05) is 6.07 Å². The first kappa shape index (κ1) is 15.4. The van der Waals surface area contributed by atoms with Crippen molar-refractivity contribution in [1.29, 1.82) is 0 Å². The topological polar surface area (TPSA) is 61.8 Å². The van der Waals surface area contributed by atoms with Gasteiger partial charge in [0.05, 0.1) is 24.7 Å². The summed E-state index contributed by atoms with van der Waals surface area (Å²) in [4.78, 5) is 15.2. The molecule has 0 radical (unpaired) electrons. The Hall–Kier alpha value is -1.85. The number of piperidine rings is 1. The van der Waals surface area contributed by atoms with Crippen molar-refractivity contribution >= 4 is 11.7 Å². The normalized spacial score (nSPS) is 35.7. The zero-order chi connectivity index (χ0) is 17.2. The minimum absolute atomic E-state index is 0.117. The highest BCUT2D eigenvalue weighted by molar-refractivity contribution is 5.93. The molecule has 1 aromatic carbocycles. The first-order chi connectivity index (χ1) is 12.2. The summed E-state index contributed by atoms with van der Waals surface area (Å²) in [5, 5.41) is 14.0. The number of ether oxygens (including phenoxy) is 1. The lowest BCUT2D eigenvalue weighted by Gasteiger charge is -2.55. The number of rotatable bonds is 2. The van der Waals surface area contributed by atoms with Crippen LogP contribution in [0.2, 0.25) is 0 Å². The predicted octanol–water partition coefficient (Wildman–Crippen LogP) is 2.03. The maximum absolute atomic E-state index is 12.6. The summed E-state index contributed by atoms with van der Waals surface area (Å²) in [5.74, 6) is -0.259. The van der Waals surface area contributed by atoms with Crippen LogP contribution in [0.3, 0.4) is 0 Å². The van der Waals surface area contributed by atoms with Crippen LogP contribution >= 0.6 is 0 Å². The van der Waals surface area contributed by atoms with E-state index in [-0.39, 0.29) is 29.4 Å². The van der Waals surface area contributed by atoms with E-state index in [4.69, 9.17) is 4.74 Å². The van der Waals surface area contributed by atoms with Crippen molar-refractivity contribution in [3.8, 4) is 0 Å². The maximum Gasteiger partial charge on any atom is 0.335 e. The number of methoxy groups -OCH3 is 1. The van der Waals surface area contributed by atoms with Gasteiger partial charge in [-0.3, -0.25) is 4.90 Å². The summed E-state index contributed by atoms with van der Waals surface area (Å²) in [6.45, 7) is 2.21. The lowest BCUT2D eigenvalue weighted by atomic mass is 9.55. The minimum atomic E-state index is -0.263. The molecule has 3 atom stereocenters. The molecule has 0 aromatic heterocycles. The molecule has 3 heterocycles. The van der Waals surface area contributed by atoms with Gasteiger partial charge in [0, 0.05) is 22.8 Å². The molecule has 1 aliphatic carbocycles. The van der Waals surface area contributed by atoms with Crippen LogP contribution in [0.5, 0.6) is 0 Å². The Morgan fingerprint density at radius 1 is 1.36 bits per heavy atom. The van der Waals surface area contributed by atoms with Gasteiger partial charge in [-0.2, -0.15) is 0 Å². The van der Waals surface area contributed by atoms with Gasteiger partial charge in [-0.1, -0.05) is 18.2 Å². The average Bonchev–Trinajstić information content (AvgIpc) is 3.21. The monoisotopic (exact) mass is 340 g/mol. The first-order valence-corrected chi connectivity index (χ1v) is 9.20. The molecule has 5 rings (SSSR count). The number of nitrogens with one attached hydrogen (secondary N) is 1.